The number of hydrogen-bond acceptors (Lipinski definition) is 1. The van der Waals surface area contributed by atoms with Crippen molar-refractivity contribution in [3.8, 4) is 0 Å². The minimum atomic E-state index is -0.0758. The Labute approximate surface area is 65.2 Å². The molecule has 0 saturated heterocycles. The lowest BCUT2D eigenvalue weighted by Crippen LogP contribution is -2.48. The topological polar surface area (TPSA) is 26.0 Å². The van der Waals surface area contributed by atoms with Gasteiger partial charge in [0, 0.05) is 8.96 Å². The summed E-state index contributed by atoms with van der Waals surface area (Å²) < 4.78 is 0.185. The lowest BCUT2D eigenvalue weighted by atomic mass is 9.92. The molecule has 0 aromatic carbocycles. The molecule has 0 aromatic rings. The van der Waals surface area contributed by atoms with Gasteiger partial charge in [-0.15, -0.1) is 0 Å². The van der Waals surface area contributed by atoms with Crippen molar-refractivity contribution >= 4 is 22.6 Å². The molecule has 8 heavy (non-hydrogen) atoms. The minimum Gasteiger partial charge on any atom is -0.324 e. The van der Waals surface area contributed by atoms with Gasteiger partial charge in [0.05, 0.1) is 0 Å². The van der Waals surface area contributed by atoms with E-state index < -0.39 is 0 Å². The lowest BCUT2D eigenvalue weighted by molar-refractivity contribution is 0.431. The number of hydrogen-bond donors (Lipinski definition) is 1. The van der Waals surface area contributed by atoms with Crippen LogP contribution in [0.5, 0.6) is 0 Å². The Bertz CT molecular complexity index is 63.5. The highest BCUT2D eigenvalue weighted by molar-refractivity contribution is 14.1. The molecule has 0 aromatic heterocycles. The molecule has 0 unspecified atom stereocenters. The summed E-state index contributed by atoms with van der Waals surface area (Å²) in [5.74, 6) is 0. The van der Waals surface area contributed by atoms with Crippen molar-refractivity contribution in [2.24, 2.45) is 5.73 Å². The van der Waals surface area contributed by atoms with Gasteiger partial charge in [-0.05, 0) is 27.7 Å². The Morgan fingerprint density at radius 1 is 1.12 bits per heavy atom. The third kappa shape index (κ3) is 2.31. The molecule has 0 radical (unpaired) electrons. The van der Waals surface area contributed by atoms with Gasteiger partial charge in [-0.1, -0.05) is 22.6 Å². The number of rotatable bonds is 1. The highest BCUT2D eigenvalue weighted by Gasteiger charge is 2.29. The van der Waals surface area contributed by atoms with Crippen molar-refractivity contribution < 1.29 is 0 Å². The predicted octanol–water partition coefficient (Wildman–Crippen LogP) is 1.94. The molecule has 0 atom stereocenters. The maximum atomic E-state index is 5.80. The second kappa shape index (κ2) is 2.14. The van der Waals surface area contributed by atoms with Gasteiger partial charge in [0.2, 0.25) is 0 Å². The quantitative estimate of drug-likeness (QED) is 0.537. The van der Waals surface area contributed by atoms with Crippen LogP contribution in [0, 0.1) is 0 Å². The zero-order valence-corrected chi connectivity index (χ0v) is 8.11. The van der Waals surface area contributed by atoms with Gasteiger partial charge in [-0.3, -0.25) is 0 Å². The average Bonchev–Trinajstić information content (AvgIpc) is 1.25. The third-order valence-corrected chi connectivity index (χ3v) is 2.92. The first-order valence-corrected chi connectivity index (χ1v) is 3.81. The van der Waals surface area contributed by atoms with E-state index in [1.807, 2.05) is 13.8 Å². The summed E-state index contributed by atoms with van der Waals surface area (Å²) in [5, 5.41) is 0. The van der Waals surface area contributed by atoms with E-state index in [0.717, 1.165) is 0 Å². The summed E-state index contributed by atoms with van der Waals surface area (Å²) in [4.78, 5) is 0. The van der Waals surface area contributed by atoms with Crippen LogP contribution < -0.4 is 5.73 Å². The van der Waals surface area contributed by atoms with Crippen LogP contribution in [0.1, 0.15) is 27.7 Å². The van der Waals surface area contributed by atoms with Gasteiger partial charge >= 0.3 is 0 Å². The van der Waals surface area contributed by atoms with E-state index in [1.54, 1.807) is 0 Å². The Morgan fingerprint density at radius 2 is 1.25 bits per heavy atom. The summed E-state index contributed by atoms with van der Waals surface area (Å²) in [6.45, 7) is 8.35. The summed E-state index contributed by atoms with van der Waals surface area (Å²) >= 11 is 2.36. The molecule has 0 fully saturated rings. The van der Waals surface area contributed by atoms with E-state index in [-0.39, 0.29) is 8.96 Å². The summed E-state index contributed by atoms with van der Waals surface area (Å²) in [6, 6.07) is 0. The molecule has 2 heteroatoms. The first-order chi connectivity index (χ1) is 3.25. The first-order valence-electron chi connectivity index (χ1n) is 2.73. The molecule has 0 bridgehead atoms. The molecule has 0 aliphatic carbocycles. The van der Waals surface area contributed by atoms with Crippen LogP contribution in [0.15, 0.2) is 0 Å². The largest absolute Gasteiger partial charge is 0.324 e. The van der Waals surface area contributed by atoms with Crippen LogP contribution in [0.4, 0.5) is 0 Å². The Balaban J connectivity index is 4.02. The fourth-order valence-corrected chi connectivity index (χ4v) is 0. The summed E-state index contributed by atoms with van der Waals surface area (Å²) in [7, 11) is 0. The van der Waals surface area contributed by atoms with Crippen molar-refractivity contribution in [3.05, 3.63) is 0 Å². The van der Waals surface area contributed by atoms with Gasteiger partial charge in [0.15, 0.2) is 0 Å². The van der Waals surface area contributed by atoms with Crippen molar-refractivity contribution in [1.29, 1.82) is 0 Å². The molecule has 0 saturated carbocycles. The molecule has 0 rings (SSSR count). The first kappa shape index (κ1) is 8.69. The second-order valence-corrected chi connectivity index (χ2v) is 5.89. The van der Waals surface area contributed by atoms with Crippen LogP contribution in [0.2, 0.25) is 0 Å². The summed E-state index contributed by atoms with van der Waals surface area (Å²) in [6.07, 6.45) is 0. The molecule has 50 valence electrons. The molecule has 0 aliphatic heterocycles. The normalized spacial score (nSPS) is 14.2. The minimum absolute atomic E-state index is 0.0758. The van der Waals surface area contributed by atoms with Crippen molar-refractivity contribution in [3.63, 3.8) is 0 Å². The standard InChI is InChI=1S/C6H14IN/c1-5(2,7)6(3,4)8/h8H2,1-4H3. The SMILES string of the molecule is CC(C)(N)C(C)(C)I. The number of alkyl halides is 1. The monoisotopic (exact) mass is 227 g/mol. The second-order valence-electron chi connectivity index (χ2n) is 3.19. The molecule has 0 amide bonds. The van der Waals surface area contributed by atoms with E-state index in [0.29, 0.717) is 0 Å². The van der Waals surface area contributed by atoms with Crippen molar-refractivity contribution in [1.82, 2.24) is 0 Å². The molecule has 1 nitrogen and oxygen atoms in total. The predicted molar refractivity (Wildman–Crippen MR) is 46.4 cm³/mol. The zero-order chi connectivity index (χ0) is 7.00. The van der Waals surface area contributed by atoms with Gasteiger partial charge in [-0.2, -0.15) is 0 Å². The molecule has 0 heterocycles. The summed E-state index contributed by atoms with van der Waals surface area (Å²) in [5.41, 5.74) is 5.73. The van der Waals surface area contributed by atoms with E-state index in [1.165, 1.54) is 0 Å². The van der Waals surface area contributed by atoms with Gasteiger partial charge < -0.3 is 5.73 Å². The fourth-order valence-electron chi connectivity index (χ4n) is 0. The third-order valence-electron chi connectivity index (χ3n) is 1.53. The number of nitrogens with two attached hydrogens (primary N) is 1. The molecule has 2 N–H and O–H groups in total. The van der Waals surface area contributed by atoms with E-state index >= 15 is 0 Å². The Kier molecular flexibility index (Phi) is 2.32. The van der Waals surface area contributed by atoms with E-state index in [4.69, 9.17) is 5.73 Å². The van der Waals surface area contributed by atoms with Crippen molar-refractivity contribution in [2.45, 2.75) is 36.7 Å². The average molecular weight is 227 g/mol. The Hall–Kier alpha value is 0.690. The van der Waals surface area contributed by atoms with E-state index in [2.05, 4.69) is 36.4 Å². The highest BCUT2D eigenvalue weighted by atomic mass is 127. The lowest BCUT2D eigenvalue weighted by Gasteiger charge is -2.32. The fraction of sp³-hybridized carbons (Fsp3) is 1.00. The van der Waals surface area contributed by atoms with Gasteiger partial charge in [-0.25, -0.2) is 0 Å². The molecular weight excluding hydrogens is 213 g/mol. The van der Waals surface area contributed by atoms with Gasteiger partial charge in [0.25, 0.3) is 0 Å². The molecule has 0 aliphatic rings. The smallest absolute Gasteiger partial charge is 0.0340 e. The van der Waals surface area contributed by atoms with Crippen LogP contribution in [-0.2, 0) is 0 Å². The van der Waals surface area contributed by atoms with Gasteiger partial charge in [0.1, 0.15) is 0 Å². The van der Waals surface area contributed by atoms with Crippen LogP contribution >= 0.6 is 22.6 Å². The molecular formula is C6H14IN. The maximum absolute atomic E-state index is 5.80. The van der Waals surface area contributed by atoms with Crippen LogP contribution in [0.3, 0.4) is 0 Å². The number of halogens is 1. The zero-order valence-electron chi connectivity index (χ0n) is 5.96. The van der Waals surface area contributed by atoms with Crippen molar-refractivity contribution in [2.75, 3.05) is 0 Å². The molecule has 0 spiro atoms. The maximum Gasteiger partial charge on any atom is 0.0340 e. The van der Waals surface area contributed by atoms with Crippen LogP contribution in [0.25, 0.3) is 0 Å². The van der Waals surface area contributed by atoms with E-state index in [9.17, 15) is 0 Å². The van der Waals surface area contributed by atoms with Crippen LogP contribution in [-0.4, -0.2) is 8.96 Å². The Morgan fingerprint density at radius 3 is 1.25 bits per heavy atom. The highest BCUT2D eigenvalue weighted by Crippen LogP contribution is 2.27.